The summed E-state index contributed by atoms with van der Waals surface area (Å²) in [7, 11) is 0. The predicted octanol–water partition coefficient (Wildman–Crippen LogP) is 5.16. The second-order valence-electron chi connectivity index (χ2n) is 8.41. The number of anilines is 1. The maximum Gasteiger partial charge on any atom is 0.407 e. The third kappa shape index (κ3) is 5.43. The van der Waals surface area contributed by atoms with Crippen molar-refractivity contribution in [1.29, 1.82) is 0 Å². The minimum absolute atomic E-state index is 0.115. The van der Waals surface area contributed by atoms with E-state index in [1.807, 2.05) is 0 Å². The Morgan fingerprint density at radius 3 is 2.59 bits per heavy atom. The normalized spacial score (nSPS) is 16.0. The maximum absolute atomic E-state index is 15.5. The first-order chi connectivity index (χ1) is 15.1. The van der Waals surface area contributed by atoms with Crippen LogP contribution in [0.25, 0.3) is 0 Å². The monoisotopic (exact) mass is 449 g/mol. The van der Waals surface area contributed by atoms with Gasteiger partial charge in [-0.3, -0.25) is 10.1 Å². The molecule has 1 amide bonds. The van der Waals surface area contributed by atoms with Crippen LogP contribution >= 0.6 is 0 Å². The molecule has 0 spiro atoms. The number of rotatable bonds is 6. The molecule has 1 saturated heterocycles. The van der Waals surface area contributed by atoms with Crippen LogP contribution in [0.2, 0.25) is 0 Å². The maximum atomic E-state index is 15.5. The Hall–Kier alpha value is -3.43. The average Bonchev–Trinajstić information content (AvgIpc) is 3.16. The number of carbonyl (C=O) groups excluding carboxylic acids is 1. The third-order valence-corrected chi connectivity index (χ3v) is 4.86. The van der Waals surface area contributed by atoms with Gasteiger partial charge in [0.1, 0.15) is 5.60 Å². The SMILES string of the molecule is CC(C)(C)OC(=O)NC[C@H]1CCCN1c1c([N+](=O)[O-])ccc(Oc2ccccc2F)c1F. The number of nitrogens with one attached hydrogen (secondary N) is 1. The Balaban J connectivity index is 1.88. The van der Waals surface area contributed by atoms with E-state index in [9.17, 15) is 19.3 Å². The minimum atomic E-state index is -0.966. The molecule has 1 atom stereocenters. The summed E-state index contributed by atoms with van der Waals surface area (Å²) in [4.78, 5) is 24.5. The van der Waals surface area contributed by atoms with E-state index in [1.54, 1.807) is 25.7 Å². The van der Waals surface area contributed by atoms with Crippen LogP contribution in [0.1, 0.15) is 33.6 Å². The minimum Gasteiger partial charge on any atom is -0.451 e. The highest BCUT2D eigenvalue weighted by atomic mass is 19.1. The van der Waals surface area contributed by atoms with Gasteiger partial charge in [-0.2, -0.15) is 0 Å². The number of para-hydroxylation sites is 1. The summed E-state index contributed by atoms with van der Waals surface area (Å²) in [5, 5.41) is 14.2. The van der Waals surface area contributed by atoms with E-state index in [4.69, 9.17) is 9.47 Å². The fraction of sp³-hybridized carbons (Fsp3) is 0.409. The van der Waals surface area contributed by atoms with Crippen molar-refractivity contribution in [2.45, 2.75) is 45.3 Å². The van der Waals surface area contributed by atoms with E-state index >= 15 is 4.39 Å². The van der Waals surface area contributed by atoms with Crippen molar-refractivity contribution in [2.24, 2.45) is 0 Å². The van der Waals surface area contributed by atoms with Crippen LogP contribution in [-0.4, -0.2) is 35.7 Å². The zero-order chi connectivity index (χ0) is 23.5. The lowest BCUT2D eigenvalue weighted by molar-refractivity contribution is -0.384. The molecule has 0 aromatic heterocycles. The molecule has 1 heterocycles. The largest absolute Gasteiger partial charge is 0.451 e. The number of halogens is 2. The van der Waals surface area contributed by atoms with Gasteiger partial charge < -0.3 is 19.7 Å². The summed E-state index contributed by atoms with van der Waals surface area (Å²) in [5.41, 5.74) is -1.37. The number of amides is 1. The molecule has 10 heteroatoms. The Morgan fingerprint density at radius 1 is 1.22 bits per heavy atom. The lowest BCUT2D eigenvalue weighted by atomic mass is 10.1. The molecule has 1 aliphatic heterocycles. The second kappa shape index (κ2) is 9.37. The van der Waals surface area contributed by atoms with Crippen molar-refractivity contribution >= 4 is 17.5 Å². The van der Waals surface area contributed by atoms with Crippen LogP contribution in [-0.2, 0) is 4.74 Å². The number of ether oxygens (including phenoxy) is 2. The van der Waals surface area contributed by atoms with Gasteiger partial charge in [-0.25, -0.2) is 13.6 Å². The fourth-order valence-corrected chi connectivity index (χ4v) is 3.54. The van der Waals surface area contributed by atoms with Gasteiger partial charge in [-0.05, 0) is 51.8 Å². The molecular formula is C22H25F2N3O5. The van der Waals surface area contributed by atoms with Gasteiger partial charge in [-0.15, -0.1) is 0 Å². The standard InChI is InChI=1S/C22H25F2N3O5/c1-22(2,3)32-21(28)25-13-14-7-6-12-26(14)20-16(27(29)30)10-11-18(19(20)24)31-17-9-5-4-8-15(17)23/h4-5,8-11,14H,6-7,12-13H2,1-3H3,(H,25,28)/t14-/m1/s1. The molecule has 172 valence electrons. The van der Waals surface area contributed by atoms with Crippen molar-refractivity contribution in [3.05, 3.63) is 58.1 Å². The molecule has 1 N–H and O–H groups in total. The lowest BCUT2D eigenvalue weighted by Gasteiger charge is -2.28. The van der Waals surface area contributed by atoms with Crippen LogP contribution in [0, 0.1) is 21.7 Å². The van der Waals surface area contributed by atoms with Crippen LogP contribution in [0.3, 0.4) is 0 Å². The van der Waals surface area contributed by atoms with Gasteiger partial charge in [-0.1, -0.05) is 12.1 Å². The smallest absolute Gasteiger partial charge is 0.407 e. The van der Waals surface area contributed by atoms with E-state index in [0.717, 1.165) is 12.1 Å². The second-order valence-corrected chi connectivity index (χ2v) is 8.41. The lowest BCUT2D eigenvalue weighted by Crippen LogP contribution is -2.42. The van der Waals surface area contributed by atoms with Crippen LogP contribution < -0.4 is 15.0 Å². The number of hydrogen-bond acceptors (Lipinski definition) is 6. The zero-order valence-electron chi connectivity index (χ0n) is 18.1. The van der Waals surface area contributed by atoms with Crippen LogP contribution in [0.15, 0.2) is 36.4 Å². The molecule has 2 aromatic rings. The molecule has 0 bridgehead atoms. The van der Waals surface area contributed by atoms with Gasteiger partial charge >= 0.3 is 6.09 Å². The van der Waals surface area contributed by atoms with Gasteiger partial charge in [0.25, 0.3) is 5.69 Å². The Morgan fingerprint density at radius 2 is 1.94 bits per heavy atom. The third-order valence-electron chi connectivity index (χ3n) is 4.86. The summed E-state index contributed by atoms with van der Waals surface area (Å²) < 4.78 is 40.0. The van der Waals surface area contributed by atoms with E-state index in [-0.39, 0.29) is 29.8 Å². The highest BCUT2D eigenvalue weighted by Gasteiger charge is 2.34. The van der Waals surface area contributed by atoms with Crippen molar-refractivity contribution in [1.82, 2.24) is 5.32 Å². The Kier molecular flexibility index (Phi) is 6.81. The van der Waals surface area contributed by atoms with Crippen molar-refractivity contribution in [2.75, 3.05) is 18.0 Å². The summed E-state index contributed by atoms with van der Waals surface area (Å²) >= 11 is 0. The molecule has 32 heavy (non-hydrogen) atoms. The molecule has 0 saturated carbocycles. The number of benzene rings is 2. The van der Waals surface area contributed by atoms with Crippen molar-refractivity contribution in [3.63, 3.8) is 0 Å². The molecule has 3 rings (SSSR count). The number of nitrogens with zero attached hydrogens (tertiary/aromatic N) is 2. The van der Waals surface area contributed by atoms with Crippen LogP contribution in [0.4, 0.5) is 25.0 Å². The molecule has 0 aliphatic carbocycles. The van der Waals surface area contributed by atoms with Crippen LogP contribution in [0.5, 0.6) is 11.5 Å². The number of alkyl carbamates (subject to hydrolysis) is 1. The molecule has 1 fully saturated rings. The Bertz CT molecular complexity index is 1010. The topological polar surface area (TPSA) is 93.9 Å². The summed E-state index contributed by atoms with van der Waals surface area (Å²) in [6, 6.07) is 7.34. The summed E-state index contributed by atoms with van der Waals surface area (Å²) in [5.74, 6) is -2.18. The molecule has 2 aromatic carbocycles. The fourth-order valence-electron chi connectivity index (χ4n) is 3.54. The van der Waals surface area contributed by atoms with E-state index in [1.165, 1.54) is 24.3 Å². The zero-order valence-corrected chi connectivity index (χ0v) is 18.1. The number of carbonyl (C=O) groups is 1. The Labute approximate surface area is 184 Å². The quantitative estimate of drug-likeness (QED) is 0.484. The number of nitro groups is 1. The molecular weight excluding hydrogens is 424 g/mol. The van der Waals surface area contributed by atoms with Gasteiger partial charge in [0.05, 0.1) is 4.92 Å². The molecule has 1 aliphatic rings. The first kappa shape index (κ1) is 23.2. The first-order valence-electron chi connectivity index (χ1n) is 10.2. The van der Waals surface area contributed by atoms with E-state index in [2.05, 4.69) is 5.32 Å². The van der Waals surface area contributed by atoms with Gasteiger partial charge in [0, 0.05) is 25.2 Å². The molecule has 8 nitrogen and oxygen atoms in total. The highest BCUT2D eigenvalue weighted by molar-refractivity contribution is 5.70. The van der Waals surface area contributed by atoms with Gasteiger partial charge in [0.15, 0.2) is 28.8 Å². The number of hydrogen-bond donors (Lipinski definition) is 1. The molecule has 0 radical (unpaired) electrons. The van der Waals surface area contributed by atoms with E-state index in [0.29, 0.717) is 19.4 Å². The van der Waals surface area contributed by atoms with E-state index < -0.39 is 33.9 Å². The van der Waals surface area contributed by atoms with Gasteiger partial charge in [0.2, 0.25) is 0 Å². The summed E-state index contributed by atoms with van der Waals surface area (Å²) in [6.07, 6.45) is 0.608. The predicted molar refractivity (Wildman–Crippen MR) is 114 cm³/mol. The first-order valence-corrected chi connectivity index (χ1v) is 10.2. The highest BCUT2D eigenvalue weighted by Crippen LogP contribution is 2.41. The van der Waals surface area contributed by atoms with Crippen molar-refractivity contribution in [3.8, 4) is 11.5 Å². The average molecular weight is 449 g/mol. The number of nitro benzene ring substituents is 1. The molecule has 0 unspecified atom stereocenters. The summed E-state index contributed by atoms with van der Waals surface area (Å²) in [6.45, 7) is 5.66. The van der Waals surface area contributed by atoms with Crippen molar-refractivity contribution < 1.29 is 28.0 Å².